The van der Waals surface area contributed by atoms with Crippen molar-refractivity contribution in [2.75, 3.05) is 14.2 Å². The van der Waals surface area contributed by atoms with Crippen LogP contribution in [0.25, 0.3) is 0 Å². The van der Waals surface area contributed by atoms with E-state index < -0.39 is 11.2 Å². The first-order valence-electron chi connectivity index (χ1n) is 4.33. The van der Waals surface area contributed by atoms with Crippen LogP contribution in [0.4, 0.5) is 5.69 Å². The molecule has 1 aromatic rings. The van der Waals surface area contributed by atoms with Gasteiger partial charge < -0.3 is 19.7 Å². The molecule has 0 saturated heterocycles. The minimum atomic E-state index is -1.46. The molecule has 88 valence electrons. The van der Waals surface area contributed by atoms with E-state index >= 15 is 0 Å². The zero-order valence-corrected chi connectivity index (χ0v) is 8.75. The average molecular weight is 230 g/mol. The molecule has 16 heavy (non-hydrogen) atoms. The molecule has 0 heterocycles. The lowest BCUT2D eigenvalue weighted by molar-refractivity contribution is -0.387. The average Bonchev–Trinajstić information content (AvgIpc) is 2.27. The van der Waals surface area contributed by atoms with Crippen molar-refractivity contribution in [1.82, 2.24) is 0 Å². The summed E-state index contributed by atoms with van der Waals surface area (Å²) in [6.07, 6.45) is -1.46. The van der Waals surface area contributed by atoms with E-state index in [-0.39, 0.29) is 22.7 Å². The minimum absolute atomic E-state index is 0.0822. The van der Waals surface area contributed by atoms with Crippen molar-refractivity contribution in [3.05, 3.63) is 27.8 Å². The predicted molar refractivity (Wildman–Crippen MR) is 54.3 cm³/mol. The highest BCUT2D eigenvalue weighted by Gasteiger charge is 2.25. The largest absolute Gasteiger partial charge is 0.582 e. The summed E-state index contributed by atoms with van der Waals surface area (Å²) >= 11 is 0. The summed E-state index contributed by atoms with van der Waals surface area (Å²) in [6.45, 7) is 0. The molecule has 0 fully saturated rings. The van der Waals surface area contributed by atoms with Crippen LogP contribution in [-0.2, 0) is 4.74 Å². The minimum Gasteiger partial charge on any atom is -0.582 e. The third-order valence-corrected chi connectivity index (χ3v) is 2.05. The van der Waals surface area contributed by atoms with Gasteiger partial charge in [-0.05, 0) is 0 Å². The highest BCUT2D eigenvalue weighted by molar-refractivity contribution is 5.53. The number of aromatic hydroxyl groups is 2. The molecular formula is C9H12NO6+. The van der Waals surface area contributed by atoms with Crippen LogP contribution in [0.2, 0.25) is 0 Å². The third kappa shape index (κ3) is 2.20. The Morgan fingerprint density at radius 3 is 2.62 bits per heavy atom. The van der Waals surface area contributed by atoms with Gasteiger partial charge >= 0.3 is 5.75 Å². The first kappa shape index (κ1) is 12.2. The second-order valence-corrected chi connectivity index (χ2v) is 2.97. The van der Waals surface area contributed by atoms with Gasteiger partial charge in [-0.3, -0.25) is 10.1 Å². The molecule has 1 atom stereocenters. The number of nitro benzene ring substituents is 1. The number of benzene rings is 1. The van der Waals surface area contributed by atoms with E-state index in [2.05, 4.69) is 9.47 Å². The van der Waals surface area contributed by atoms with Crippen LogP contribution < -0.4 is 0 Å². The van der Waals surface area contributed by atoms with Crippen LogP contribution in [0.5, 0.6) is 11.5 Å². The van der Waals surface area contributed by atoms with Crippen molar-refractivity contribution >= 4 is 5.69 Å². The fraction of sp³-hybridized carbons (Fsp3) is 0.333. The van der Waals surface area contributed by atoms with Gasteiger partial charge in [0.25, 0.3) is 5.69 Å². The molecule has 0 aliphatic rings. The summed E-state index contributed by atoms with van der Waals surface area (Å²) in [6, 6.07) is 2.14. The van der Waals surface area contributed by atoms with Gasteiger partial charge in [-0.2, -0.15) is 0 Å². The molecule has 3 N–H and O–H groups in total. The Bertz CT molecular complexity index is 405. The Balaban J connectivity index is 3.36. The number of nitro groups is 1. The molecule has 0 aromatic heterocycles. The van der Waals surface area contributed by atoms with E-state index in [4.69, 9.17) is 0 Å². The lowest BCUT2D eigenvalue weighted by Crippen LogP contribution is -2.04. The van der Waals surface area contributed by atoms with E-state index in [1.165, 1.54) is 14.2 Å². The molecule has 0 radical (unpaired) electrons. The Morgan fingerprint density at radius 2 is 2.19 bits per heavy atom. The quantitative estimate of drug-likeness (QED) is 0.262. The molecule has 0 spiro atoms. The number of phenols is 1. The van der Waals surface area contributed by atoms with E-state index in [0.29, 0.717) is 0 Å². The van der Waals surface area contributed by atoms with Crippen molar-refractivity contribution in [2.45, 2.75) is 6.29 Å². The normalized spacial score (nSPS) is 12.2. The molecule has 7 heteroatoms. The van der Waals surface area contributed by atoms with Crippen LogP contribution in [0.1, 0.15) is 11.9 Å². The van der Waals surface area contributed by atoms with Gasteiger partial charge in [0.15, 0.2) is 13.4 Å². The summed E-state index contributed by atoms with van der Waals surface area (Å²) in [4.78, 5) is 10.1. The number of aliphatic hydroxyl groups excluding tert-OH is 1. The second-order valence-electron chi connectivity index (χ2n) is 2.97. The number of phenolic OH excluding ortho intramolecular Hbond substituents is 1. The van der Waals surface area contributed by atoms with Crippen molar-refractivity contribution in [1.29, 1.82) is 0 Å². The lowest BCUT2D eigenvalue weighted by atomic mass is 10.1. The maximum atomic E-state index is 10.7. The zero-order valence-electron chi connectivity index (χ0n) is 8.75. The summed E-state index contributed by atoms with van der Waals surface area (Å²) in [5.74, 6) is -0.169. The second kappa shape index (κ2) is 4.77. The third-order valence-electron chi connectivity index (χ3n) is 2.05. The molecule has 0 amide bonds. The number of ether oxygens (including phenoxy) is 2. The van der Waals surface area contributed by atoms with Crippen molar-refractivity contribution in [2.24, 2.45) is 0 Å². The van der Waals surface area contributed by atoms with Crippen LogP contribution in [0.15, 0.2) is 12.1 Å². The van der Waals surface area contributed by atoms with Crippen LogP contribution in [-0.4, -0.2) is 34.1 Å². The molecule has 0 aliphatic heterocycles. The van der Waals surface area contributed by atoms with Gasteiger partial charge in [0.05, 0.1) is 10.5 Å². The molecule has 0 saturated carbocycles. The van der Waals surface area contributed by atoms with E-state index in [9.17, 15) is 20.3 Å². The fourth-order valence-electron chi connectivity index (χ4n) is 1.24. The Labute approximate surface area is 91.0 Å². The number of hydrogen-bond acceptors (Lipinski definition) is 5. The fourth-order valence-corrected chi connectivity index (χ4v) is 1.24. The van der Waals surface area contributed by atoms with E-state index in [1.54, 1.807) is 0 Å². The molecule has 1 unspecified atom stereocenters. The summed E-state index contributed by atoms with van der Waals surface area (Å²) in [5, 5.41) is 29.6. The number of aliphatic hydroxyl groups is 2. The number of hydrogen-bond donors (Lipinski definition) is 2. The van der Waals surface area contributed by atoms with Crippen LogP contribution in [0, 0.1) is 10.1 Å². The number of rotatable bonds is 4. The highest BCUT2D eigenvalue weighted by Crippen LogP contribution is 2.36. The van der Waals surface area contributed by atoms with Crippen molar-refractivity contribution in [3.63, 3.8) is 0 Å². The topological polar surface area (TPSA) is 106 Å². The summed E-state index contributed by atoms with van der Waals surface area (Å²) in [7, 11) is 2.59. The Kier molecular flexibility index (Phi) is 3.64. The van der Waals surface area contributed by atoms with Crippen LogP contribution >= 0.6 is 0 Å². The molecule has 1 aromatic carbocycles. The molecule has 0 aliphatic carbocycles. The zero-order chi connectivity index (χ0) is 12.3. The van der Waals surface area contributed by atoms with Gasteiger partial charge in [0, 0.05) is 13.2 Å². The van der Waals surface area contributed by atoms with Gasteiger partial charge in [0.1, 0.15) is 6.07 Å². The first-order chi connectivity index (χ1) is 7.51. The van der Waals surface area contributed by atoms with Gasteiger partial charge in [-0.1, -0.05) is 0 Å². The Morgan fingerprint density at radius 1 is 1.56 bits per heavy atom. The first-order valence-corrected chi connectivity index (χ1v) is 4.33. The standard InChI is InChI=1S/C9H11NO6/c1-15-8-4-6(10(13)14)5(3-7(8)11)9(12)16-2/h3-4,9,11-12H,1-2H3/p+1. The molecular weight excluding hydrogens is 218 g/mol. The van der Waals surface area contributed by atoms with E-state index in [0.717, 1.165) is 12.1 Å². The SMILES string of the molecule is COC(O)c1cc(O)c([OH+]C)cc1[N+](=O)[O-]. The maximum Gasteiger partial charge on any atom is 0.304 e. The van der Waals surface area contributed by atoms with Gasteiger partial charge in [0.2, 0.25) is 5.75 Å². The Hall–Kier alpha value is -1.86. The van der Waals surface area contributed by atoms with Gasteiger partial charge in [-0.15, -0.1) is 0 Å². The molecule has 1 rings (SSSR count). The lowest BCUT2D eigenvalue weighted by Gasteiger charge is -2.10. The van der Waals surface area contributed by atoms with Crippen molar-refractivity contribution in [3.8, 4) is 11.5 Å². The monoisotopic (exact) mass is 230 g/mol. The smallest absolute Gasteiger partial charge is 0.304 e. The van der Waals surface area contributed by atoms with E-state index in [1.807, 2.05) is 0 Å². The number of nitrogens with zero attached hydrogens (tertiary/aromatic N) is 1. The summed E-state index contributed by atoms with van der Waals surface area (Å²) in [5.41, 5.74) is -0.467. The highest BCUT2D eigenvalue weighted by atomic mass is 16.6. The maximum absolute atomic E-state index is 10.7. The van der Waals surface area contributed by atoms with Gasteiger partial charge in [-0.25, -0.2) is 0 Å². The summed E-state index contributed by atoms with van der Waals surface area (Å²) < 4.78 is 8.23. The number of methoxy groups -OCH3 is 1. The predicted octanol–water partition coefficient (Wildman–Crippen LogP) is 0.809. The van der Waals surface area contributed by atoms with Crippen LogP contribution in [0.3, 0.4) is 0 Å². The molecule has 0 bridgehead atoms. The van der Waals surface area contributed by atoms with Crippen molar-refractivity contribution < 1.29 is 24.6 Å². The molecule has 7 nitrogen and oxygen atoms in total.